The summed E-state index contributed by atoms with van der Waals surface area (Å²) in [6.07, 6.45) is 0. The molecular weight excluding hydrogens is 210 g/mol. The summed E-state index contributed by atoms with van der Waals surface area (Å²) in [7, 11) is 0. The molecule has 0 atom stereocenters. The van der Waals surface area contributed by atoms with Crippen molar-refractivity contribution in [3.8, 4) is 0 Å². The lowest BCUT2D eigenvalue weighted by atomic mass is 10.1. The van der Waals surface area contributed by atoms with Gasteiger partial charge < -0.3 is 4.84 Å². The maximum Gasteiger partial charge on any atom is 0.0705 e. The quantitative estimate of drug-likeness (QED) is 0.616. The Labute approximate surface area is 96.5 Å². The van der Waals surface area contributed by atoms with Gasteiger partial charge in [0, 0.05) is 11.6 Å². The second-order valence-corrected chi connectivity index (χ2v) is 4.52. The van der Waals surface area contributed by atoms with Crippen molar-refractivity contribution in [1.82, 2.24) is 5.48 Å². The Hall–Kier alpha value is -0.570. The molecule has 3 heteroatoms. The summed E-state index contributed by atoms with van der Waals surface area (Å²) < 4.78 is 0. The smallest absolute Gasteiger partial charge is 0.0705 e. The largest absolute Gasteiger partial charge is 0.301 e. The van der Waals surface area contributed by atoms with Crippen molar-refractivity contribution in [2.45, 2.75) is 27.3 Å². The third kappa shape index (κ3) is 4.65. The third-order valence-electron chi connectivity index (χ3n) is 2.03. The average Bonchev–Trinajstić information content (AvgIpc) is 2.18. The molecule has 0 radical (unpaired) electrons. The van der Waals surface area contributed by atoms with E-state index in [0.29, 0.717) is 12.5 Å². The van der Waals surface area contributed by atoms with E-state index in [0.717, 1.165) is 22.8 Å². The fourth-order valence-electron chi connectivity index (χ4n) is 1.11. The zero-order valence-electron chi connectivity index (χ0n) is 9.51. The molecule has 1 aromatic carbocycles. The summed E-state index contributed by atoms with van der Waals surface area (Å²) in [4.78, 5) is 5.28. The number of benzene rings is 1. The van der Waals surface area contributed by atoms with Gasteiger partial charge in [0.25, 0.3) is 0 Å². The van der Waals surface area contributed by atoms with Crippen molar-refractivity contribution in [3.63, 3.8) is 0 Å². The highest BCUT2D eigenvalue weighted by molar-refractivity contribution is 6.31. The highest BCUT2D eigenvalue weighted by Gasteiger charge is 1.98. The Balaban J connectivity index is 2.35. The van der Waals surface area contributed by atoms with Crippen molar-refractivity contribution in [2.75, 3.05) is 6.61 Å². The Morgan fingerprint density at radius 1 is 1.40 bits per heavy atom. The average molecular weight is 228 g/mol. The number of hydrogen-bond donors (Lipinski definition) is 1. The van der Waals surface area contributed by atoms with Crippen molar-refractivity contribution in [1.29, 1.82) is 0 Å². The minimum atomic E-state index is 0.541. The van der Waals surface area contributed by atoms with E-state index in [2.05, 4.69) is 19.3 Å². The van der Waals surface area contributed by atoms with Gasteiger partial charge in [0.2, 0.25) is 0 Å². The van der Waals surface area contributed by atoms with Gasteiger partial charge in [0.15, 0.2) is 0 Å². The summed E-state index contributed by atoms with van der Waals surface area (Å²) in [5.41, 5.74) is 5.16. The topological polar surface area (TPSA) is 21.3 Å². The van der Waals surface area contributed by atoms with Crippen LogP contribution in [0.15, 0.2) is 18.2 Å². The molecule has 0 saturated carbocycles. The number of rotatable bonds is 5. The second kappa shape index (κ2) is 6.11. The second-order valence-electron chi connectivity index (χ2n) is 4.11. The molecule has 1 rings (SSSR count). The van der Waals surface area contributed by atoms with Gasteiger partial charge in [-0.2, -0.15) is 5.48 Å². The normalized spacial score (nSPS) is 11.0. The van der Waals surface area contributed by atoms with Crippen molar-refractivity contribution in [2.24, 2.45) is 5.92 Å². The van der Waals surface area contributed by atoms with E-state index >= 15 is 0 Å². The van der Waals surface area contributed by atoms with Crippen LogP contribution in [0.1, 0.15) is 25.0 Å². The van der Waals surface area contributed by atoms with Gasteiger partial charge in [-0.1, -0.05) is 37.6 Å². The van der Waals surface area contributed by atoms with Gasteiger partial charge in [-0.15, -0.1) is 0 Å². The third-order valence-corrected chi connectivity index (χ3v) is 2.44. The van der Waals surface area contributed by atoms with Gasteiger partial charge in [0.05, 0.1) is 6.61 Å². The van der Waals surface area contributed by atoms with Gasteiger partial charge in [-0.25, -0.2) is 0 Å². The summed E-state index contributed by atoms with van der Waals surface area (Å²) in [5.74, 6) is 0.541. The van der Waals surface area contributed by atoms with Crippen LogP contribution in [0.3, 0.4) is 0 Å². The maximum atomic E-state index is 6.01. The Kier molecular flexibility index (Phi) is 5.09. The number of aryl methyl sites for hydroxylation is 1. The van der Waals surface area contributed by atoms with E-state index in [9.17, 15) is 0 Å². The lowest BCUT2D eigenvalue weighted by molar-refractivity contribution is 0.0196. The van der Waals surface area contributed by atoms with Crippen LogP contribution in [-0.4, -0.2) is 6.61 Å². The van der Waals surface area contributed by atoms with Crippen LogP contribution < -0.4 is 5.48 Å². The van der Waals surface area contributed by atoms with Crippen LogP contribution in [0.2, 0.25) is 5.02 Å². The predicted molar refractivity (Wildman–Crippen MR) is 63.8 cm³/mol. The van der Waals surface area contributed by atoms with Crippen LogP contribution in [0.4, 0.5) is 0 Å². The predicted octanol–water partition coefficient (Wildman–Crippen LogP) is 3.33. The van der Waals surface area contributed by atoms with E-state index in [1.165, 1.54) is 0 Å². The zero-order chi connectivity index (χ0) is 11.3. The van der Waals surface area contributed by atoms with Crippen LogP contribution in [0, 0.1) is 12.8 Å². The molecule has 0 aliphatic carbocycles. The maximum absolute atomic E-state index is 6.01. The zero-order valence-corrected chi connectivity index (χ0v) is 10.3. The number of hydrogen-bond acceptors (Lipinski definition) is 2. The first-order valence-electron chi connectivity index (χ1n) is 5.19. The lowest BCUT2D eigenvalue weighted by Crippen LogP contribution is -2.17. The number of hydroxylamine groups is 1. The van der Waals surface area contributed by atoms with Gasteiger partial charge in [-0.05, 0) is 30.0 Å². The summed E-state index contributed by atoms with van der Waals surface area (Å²) in [6.45, 7) is 7.63. The fraction of sp³-hybridized carbons (Fsp3) is 0.500. The van der Waals surface area contributed by atoms with Gasteiger partial charge in [-0.3, -0.25) is 0 Å². The standard InChI is InChI=1S/C12H18ClNO/c1-9(2)8-15-14-7-11-5-4-10(3)12(13)6-11/h4-6,9,14H,7-8H2,1-3H3. The summed E-state index contributed by atoms with van der Waals surface area (Å²) >= 11 is 6.01. The number of nitrogens with one attached hydrogen (secondary N) is 1. The van der Waals surface area contributed by atoms with E-state index in [4.69, 9.17) is 16.4 Å². The van der Waals surface area contributed by atoms with E-state index < -0.39 is 0 Å². The lowest BCUT2D eigenvalue weighted by Gasteiger charge is -2.08. The minimum absolute atomic E-state index is 0.541. The Morgan fingerprint density at radius 2 is 2.13 bits per heavy atom. The molecule has 1 aromatic rings. The molecule has 2 nitrogen and oxygen atoms in total. The van der Waals surface area contributed by atoms with Crippen molar-refractivity contribution >= 4 is 11.6 Å². The highest BCUT2D eigenvalue weighted by atomic mass is 35.5. The van der Waals surface area contributed by atoms with E-state index in [1.54, 1.807) is 0 Å². The minimum Gasteiger partial charge on any atom is -0.301 e. The Bertz CT molecular complexity index is 312. The van der Waals surface area contributed by atoms with Crippen LogP contribution in [0.25, 0.3) is 0 Å². The first-order chi connectivity index (χ1) is 7.09. The van der Waals surface area contributed by atoms with Crippen molar-refractivity contribution < 1.29 is 4.84 Å². The van der Waals surface area contributed by atoms with E-state index in [1.807, 2.05) is 25.1 Å². The van der Waals surface area contributed by atoms with Gasteiger partial charge in [0.1, 0.15) is 0 Å². The molecule has 0 fully saturated rings. The summed E-state index contributed by atoms with van der Waals surface area (Å²) in [5, 5.41) is 0.804. The molecule has 0 heterocycles. The highest BCUT2D eigenvalue weighted by Crippen LogP contribution is 2.16. The fourth-order valence-corrected chi connectivity index (χ4v) is 1.31. The van der Waals surface area contributed by atoms with Crippen LogP contribution in [-0.2, 0) is 11.4 Å². The van der Waals surface area contributed by atoms with Gasteiger partial charge >= 0.3 is 0 Å². The molecule has 15 heavy (non-hydrogen) atoms. The molecule has 0 spiro atoms. The first-order valence-corrected chi connectivity index (χ1v) is 5.57. The van der Waals surface area contributed by atoms with E-state index in [-0.39, 0.29) is 0 Å². The molecule has 0 aliphatic rings. The van der Waals surface area contributed by atoms with Crippen LogP contribution >= 0.6 is 11.6 Å². The van der Waals surface area contributed by atoms with Crippen molar-refractivity contribution in [3.05, 3.63) is 34.3 Å². The molecule has 0 aliphatic heterocycles. The molecule has 0 unspecified atom stereocenters. The first kappa shape index (κ1) is 12.5. The summed E-state index contributed by atoms with van der Waals surface area (Å²) in [6, 6.07) is 6.03. The molecule has 0 amide bonds. The number of halogens is 1. The monoisotopic (exact) mass is 227 g/mol. The SMILES string of the molecule is Cc1ccc(CNOCC(C)C)cc1Cl. The molecule has 0 bridgehead atoms. The Morgan fingerprint density at radius 3 is 2.73 bits per heavy atom. The molecule has 1 N–H and O–H groups in total. The van der Waals surface area contributed by atoms with Crippen LogP contribution in [0.5, 0.6) is 0 Å². The molecule has 84 valence electrons. The molecular formula is C12H18ClNO. The molecule has 0 aromatic heterocycles. The molecule has 0 saturated heterocycles.